The van der Waals surface area contributed by atoms with Gasteiger partial charge in [-0.15, -0.1) is 0 Å². The number of benzene rings is 1. The molecule has 0 aliphatic rings. The summed E-state index contributed by atoms with van der Waals surface area (Å²) in [6.45, 7) is 0.235. The highest BCUT2D eigenvalue weighted by Crippen LogP contribution is 2.12. The molecule has 7 nitrogen and oxygen atoms in total. The number of aromatic nitrogens is 1. The molecule has 0 spiro atoms. The lowest BCUT2D eigenvalue weighted by Gasteiger charge is -2.11. The molecule has 1 heterocycles. The summed E-state index contributed by atoms with van der Waals surface area (Å²) >= 11 is 0. The van der Waals surface area contributed by atoms with Crippen molar-refractivity contribution in [1.82, 2.24) is 15.4 Å². The Bertz CT molecular complexity index is 629. The average Bonchev–Trinajstić information content (AvgIpc) is 2.67. The number of oxazole rings is 1. The number of nitrogens with one attached hydrogen (secondary N) is 2. The van der Waals surface area contributed by atoms with Crippen molar-refractivity contribution in [2.75, 3.05) is 20.7 Å². The largest absolute Gasteiger partial charge is 0.417 e. The minimum absolute atomic E-state index is 0.0344. The van der Waals surface area contributed by atoms with E-state index in [9.17, 15) is 9.59 Å². The molecule has 0 aliphatic heterocycles. The van der Waals surface area contributed by atoms with Crippen LogP contribution in [0.5, 0.6) is 0 Å². The summed E-state index contributed by atoms with van der Waals surface area (Å²) < 4.78 is 10.2. The topological polar surface area (TPSA) is 87.6 Å². The standard InChI is InChI=1S/C12H15N3O4/c1-15(2)14-11(16)7-18-6-8-3-4-9-10(5-8)19-12(17)13-9/h3-5H,6-7H2,1-2H3,(H,13,17)(H,14,16). The summed E-state index contributed by atoms with van der Waals surface area (Å²) in [7, 11) is 3.44. The first-order valence-electron chi connectivity index (χ1n) is 5.71. The second kappa shape index (κ2) is 5.68. The molecule has 0 aliphatic carbocycles. The van der Waals surface area contributed by atoms with Crippen molar-refractivity contribution in [3.8, 4) is 0 Å². The number of nitrogens with zero attached hydrogens (tertiary/aromatic N) is 1. The van der Waals surface area contributed by atoms with Crippen LogP contribution >= 0.6 is 0 Å². The molecule has 102 valence electrons. The first kappa shape index (κ1) is 13.3. The zero-order valence-electron chi connectivity index (χ0n) is 10.7. The molecule has 1 aromatic carbocycles. The van der Waals surface area contributed by atoms with E-state index in [0.717, 1.165) is 5.56 Å². The van der Waals surface area contributed by atoms with Crippen LogP contribution in [0.1, 0.15) is 5.56 Å². The van der Waals surface area contributed by atoms with E-state index in [-0.39, 0.29) is 19.1 Å². The Morgan fingerprint density at radius 1 is 1.47 bits per heavy atom. The molecule has 0 unspecified atom stereocenters. The average molecular weight is 265 g/mol. The minimum Gasteiger partial charge on any atom is -0.408 e. The van der Waals surface area contributed by atoms with E-state index in [1.807, 2.05) is 0 Å². The van der Waals surface area contributed by atoms with E-state index in [4.69, 9.17) is 9.15 Å². The maximum absolute atomic E-state index is 11.3. The van der Waals surface area contributed by atoms with Gasteiger partial charge in [0.25, 0.3) is 5.91 Å². The number of rotatable bonds is 5. The van der Waals surface area contributed by atoms with Crippen LogP contribution in [0.15, 0.2) is 27.4 Å². The number of H-pyrrole nitrogens is 1. The van der Waals surface area contributed by atoms with Crippen molar-refractivity contribution in [3.05, 3.63) is 34.3 Å². The van der Waals surface area contributed by atoms with Gasteiger partial charge < -0.3 is 9.15 Å². The first-order valence-corrected chi connectivity index (χ1v) is 5.71. The lowest BCUT2D eigenvalue weighted by Crippen LogP contribution is -2.38. The highest BCUT2D eigenvalue weighted by molar-refractivity contribution is 5.76. The summed E-state index contributed by atoms with van der Waals surface area (Å²) in [5.41, 5.74) is 4.51. The Hall–Kier alpha value is -2.12. The lowest BCUT2D eigenvalue weighted by molar-refractivity contribution is -0.129. The van der Waals surface area contributed by atoms with Gasteiger partial charge >= 0.3 is 5.76 Å². The van der Waals surface area contributed by atoms with Gasteiger partial charge in [0.05, 0.1) is 12.1 Å². The summed E-state index contributed by atoms with van der Waals surface area (Å²) in [5.74, 6) is -0.710. The van der Waals surface area contributed by atoms with Crippen LogP contribution in [0.2, 0.25) is 0 Å². The molecule has 2 N–H and O–H groups in total. The summed E-state index contributed by atoms with van der Waals surface area (Å²) in [6, 6.07) is 5.24. The summed E-state index contributed by atoms with van der Waals surface area (Å²) in [4.78, 5) is 24.9. The van der Waals surface area contributed by atoms with E-state index in [2.05, 4.69) is 10.4 Å². The number of amides is 1. The van der Waals surface area contributed by atoms with E-state index in [1.54, 1.807) is 37.3 Å². The highest BCUT2D eigenvalue weighted by Gasteiger charge is 2.05. The van der Waals surface area contributed by atoms with Gasteiger partial charge in [0.1, 0.15) is 6.61 Å². The smallest absolute Gasteiger partial charge is 0.408 e. The van der Waals surface area contributed by atoms with Crippen LogP contribution in [0.4, 0.5) is 0 Å². The fraction of sp³-hybridized carbons (Fsp3) is 0.333. The third-order valence-corrected chi connectivity index (χ3v) is 2.34. The lowest BCUT2D eigenvalue weighted by atomic mass is 10.2. The number of ether oxygens (including phenoxy) is 1. The second-order valence-electron chi connectivity index (χ2n) is 4.27. The molecule has 1 amide bonds. The van der Waals surface area contributed by atoms with Crippen molar-refractivity contribution >= 4 is 17.0 Å². The molecule has 0 bridgehead atoms. The van der Waals surface area contributed by atoms with Crippen LogP contribution < -0.4 is 11.2 Å². The predicted octanol–water partition coefficient (Wildman–Crippen LogP) is 0.230. The molecular formula is C12H15N3O4. The van der Waals surface area contributed by atoms with Crippen molar-refractivity contribution in [3.63, 3.8) is 0 Å². The number of fused-ring (bicyclic) bond motifs is 1. The summed E-state index contributed by atoms with van der Waals surface area (Å²) in [6.07, 6.45) is 0. The molecule has 7 heteroatoms. The first-order chi connectivity index (χ1) is 9.04. The molecule has 1 aromatic heterocycles. The summed E-state index contributed by atoms with van der Waals surface area (Å²) in [5, 5.41) is 1.55. The molecule has 0 atom stereocenters. The monoisotopic (exact) mass is 265 g/mol. The van der Waals surface area contributed by atoms with Gasteiger partial charge in [0.2, 0.25) is 0 Å². The zero-order valence-corrected chi connectivity index (χ0v) is 10.7. The number of aromatic amines is 1. The van der Waals surface area contributed by atoms with Gasteiger partial charge in [0.15, 0.2) is 5.58 Å². The van der Waals surface area contributed by atoms with Crippen molar-refractivity contribution < 1.29 is 13.9 Å². The SMILES string of the molecule is CN(C)NC(=O)COCc1ccc2[nH]c(=O)oc2c1. The number of hydrazine groups is 1. The van der Waals surface area contributed by atoms with Gasteiger partial charge in [-0.25, -0.2) is 9.80 Å². The molecule has 0 saturated heterocycles. The Labute approximate surface area is 109 Å². The van der Waals surface area contributed by atoms with Crippen LogP contribution in [0.3, 0.4) is 0 Å². The van der Waals surface area contributed by atoms with Crippen LogP contribution in [-0.2, 0) is 16.1 Å². The number of hydrogen-bond donors (Lipinski definition) is 2. The molecule has 0 fully saturated rings. The maximum Gasteiger partial charge on any atom is 0.417 e. The fourth-order valence-electron chi connectivity index (χ4n) is 1.62. The quantitative estimate of drug-likeness (QED) is 0.756. The second-order valence-corrected chi connectivity index (χ2v) is 4.27. The third kappa shape index (κ3) is 3.67. The van der Waals surface area contributed by atoms with Crippen molar-refractivity contribution in [2.45, 2.75) is 6.61 Å². The molecule has 0 radical (unpaired) electrons. The molecular weight excluding hydrogens is 250 g/mol. The van der Waals surface area contributed by atoms with Crippen molar-refractivity contribution in [1.29, 1.82) is 0 Å². The highest BCUT2D eigenvalue weighted by atomic mass is 16.5. The van der Waals surface area contributed by atoms with E-state index in [0.29, 0.717) is 11.1 Å². The molecule has 0 saturated carbocycles. The van der Waals surface area contributed by atoms with Gasteiger partial charge in [0, 0.05) is 14.1 Å². The van der Waals surface area contributed by atoms with Crippen LogP contribution in [0, 0.1) is 0 Å². The Morgan fingerprint density at radius 3 is 3.00 bits per heavy atom. The fourth-order valence-corrected chi connectivity index (χ4v) is 1.62. The molecule has 2 aromatic rings. The van der Waals surface area contributed by atoms with Crippen LogP contribution in [0.25, 0.3) is 11.1 Å². The van der Waals surface area contributed by atoms with E-state index >= 15 is 0 Å². The Balaban J connectivity index is 1.91. The van der Waals surface area contributed by atoms with E-state index < -0.39 is 5.76 Å². The Kier molecular flexibility index (Phi) is 3.98. The predicted molar refractivity (Wildman–Crippen MR) is 68.3 cm³/mol. The van der Waals surface area contributed by atoms with Crippen molar-refractivity contribution in [2.24, 2.45) is 0 Å². The third-order valence-electron chi connectivity index (χ3n) is 2.34. The maximum atomic E-state index is 11.3. The minimum atomic E-state index is -0.488. The normalized spacial score (nSPS) is 11.1. The number of hydrogen-bond acceptors (Lipinski definition) is 5. The van der Waals surface area contributed by atoms with Gasteiger partial charge in [-0.05, 0) is 17.7 Å². The molecule has 19 heavy (non-hydrogen) atoms. The van der Waals surface area contributed by atoms with E-state index in [1.165, 1.54) is 0 Å². The van der Waals surface area contributed by atoms with Gasteiger partial charge in [-0.1, -0.05) is 6.07 Å². The van der Waals surface area contributed by atoms with Gasteiger partial charge in [-0.2, -0.15) is 0 Å². The van der Waals surface area contributed by atoms with Crippen LogP contribution in [-0.4, -0.2) is 36.6 Å². The number of carbonyl (C=O) groups is 1. The number of carbonyl (C=O) groups excluding carboxylic acids is 1. The van der Waals surface area contributed by atoms with Gasteiger partial charge in [-0.3, -0.25) is 15.2 Å². The Morgan fingerprint density at radius 2 is 2.26 bits per heavy atom. The molecule has 2 rings (SSSR count). The zero-order chi connectivity index (χ0) is 13.8.